The minimum atomic E-state index is 0.429. The minimum absolute atomic E-state index is 0.429. The summed E-state index contributed by atoms with van der Waals surface area (Å²) in [6.07, 6.45) is 2.81. The predicted molar refractivity (Wildman–Crippen MR) is 47.2 cm³/mol. The van der Waals surface area contributed by atoms with Crippen LogP contribution in [0.1, 0.15) is 41.0 Å². The molecule has 0 aliphatic rings. The zero-order valence-electron chi connectivity index (χ0n) is 7.81. The summed E-state index contributed by atoms with van der Waals surface area (Å²) < 4.78 is 0. The second-order valence-electron chi connectivity index (χ2n) is 2.48. The minimum Gasteiger partial charge on any atom is -0.513 e. The zero-order chi connectivity index (χ0) is 8.57. The fraction of sp³-hybridized carbons (Fsp3) is 0.778. The van der Waals surface area contributed by atoms with Crippen molar-refractivity contribution in [2.45, 2.75) is 41.0 Å². The van der Waals surface area contributed by atoms with Gasteiger partial charge < -0.3 is 5.11 Å². The second kappa shape index (κ2) is 8.54. The molecule has 0 atom stereocenters. The van der Waals surface area contributed by atoms with Gasteiger partial charge in [0.25, 0.3) is 0 Å². The number of rotatable bonds is 2. The van der Waals surface area contributed by atoms with Crippen LogP contribution in [0.4, 0.5) is 0 Å². The van der Waals surface area contributed by atoms with E-state index in [-0.39, 0.29) is 0 Å². The van der Waals surface area contributed by atoms with Crippen LogP contribution in [-0.2, 0) is 0 Å². The first-order valence-electron chi connectivity index (χ1n) is 3.98. The van der Waals surface area contributed by atoms with Gasteiger partial charge in [-0.05, 0) is 25.3 Å². The summed E-state index contributed by atoms with van der Waals surface area (Å²) in [6, 6.07) is 0. The van der Waals surface area contributed by atoms with Crippen LogP contribution in [-0.4, -0.2) is 5.11 Å². The lowest BCUT2D eigenvalue weighted by Gasteiger charge is -1.96. The van der Waals surface area contributed by atoms with Gasteiger partial charge in [-0.25, -0.2) is 0 Å². The van der Waals surface area contributed by atoms with Crippen molar-refractivity contribution in [2.75, 3.05) is 0 Å². The first-order chi connectivity index (χ1) is 4.63. The van der Waals surface area contributed by atoms with E-state index in [0.29, 0.717) is 11.7 Å². The average molecular weight is 144 g/mol. The molecule has 1 heteroatoms. The van der Waals surface area contributed by atoms with Crippen LogP contribution in [0.3, 0.4) is 0 Å². The first-order valence-corrected chi connectivity index (χ1v) is 3.98. The molecule has 0 aromatic heterocycles. The second-order valence-corrected chi connectivity index (χ2v) is 2.48. The van der Waals surface area contributed by atoms with Crippen LogP contribution in [0.15, 0.2) is 11.8 Å². The molecule has 0 radical (unpaired) electrons. The van der Waals surface area contributed by atoms with E-state index >= 15 is 0 Å². The van der Waals surface area contributed by atoms with E-state index in [1.807, 2.05) is 19.9 Å². The Morgan fingerprint density at radius 2 is 1.80 bits per heavy atom. The molecule has 0 rings (SSSR count). The third-order valence-electron chi connectivity index (χ3n) is 0.885. The smallest absolute Gasteiger partial charge is 0.0852 e. The summed E-state index contributed by atoms with van der Waals surface area (Å²) in [7, 11) is 0. The van der Waals surface area contributed by atoms with Gasteiger partial charge in [0.15, 0.2) is 0 Å². The lowest BCUT2D eigenvalue weighted by Crippen LogP contribution is -1.82. The number of hydrogen-bond donors (Lipinski definition) is 1. The van der Waals surface area contributed by atoms with E-state index < -0.39 is 0 Å². The Bertz CT molecular complexity index is 78.7. The Balaban J connectivity index is 0. The Morgan fingerprint density at radius 1 is 1.40 bits per heavy atom. The average Bonchev–Trinajstić information content (AvgIpc) is 1.89. The van der Waals surface area contributed by atoms with Gasteiger partial charge >= 0.3 is 0 Å². The van der Waals surface area contributed by atoms with Gasteiger partial charge in [-0.15, -0.1) is 0 Å². The molecule has 1 N–H and O–H groups in total. The van der Waals surface area contributed by atoms with Crippen LogP contribution in [0.5, 0.6) is 0 Å². The van der Waals surface area contributed by atoms with E-state index in [0.717, 1.165) is 6.42 Å². The summed E-state index contributed by atoms with van der Waals surface area (Å²) in [6.45, 7) is 9.95. The van der Waals surface area contributed by atoms with E-state index in [2.05, 4.69) is 13.8 Å². The maximum absolute atomic E-state index is 8.66. The van der Waals surface area contributed by atoms with Gasteiger partial charge in [0.1, 0.15) is 0 Å². The summed E-state index contributed by atoms with van der Waals surface area (Å²) >= 11 is 0. The van der Waals surface area contributed by atoms with Crippen LogP contribution in [0.25, 0.3) is 0 Å². The standard InChI is InChI=1S/C7H14O.C2H6/c1-6(2)4-5-7(3)8;1-2/h5-6,8H,4H2,1-3H3;1-2H3/b7-5+;. The molecule has 0 saturated carbocycles. The number of aliphatic hydroxyl groups excluding tert-OH is 1. The highest BCUT2D eigenvalue weighted by Crippen LogP contribution is 2.01. The molecule has 0 spiro atoms. The maximum Gasteiger partial charge on any atom is 0.0852 e. The van der Waals surface area contributed by atoms with E-state index in [9.17, 15) is 0 Å². The van der Waals surface area contributed by atoms with E-state index in [4.69, 9.17) is 5.11 Å². The van der Waals surface area contributed by atoms with Gasteiger partial charge in [0.05, 0.1) is 5.76 Å². The van der Waals surface area contributed by atoms with Gasteiger partial charge in [-0.2, -0.15) is 0 Å². The molecule has 0 heterocycles. The van der Waals surface area contributed by atoms with Gasteiger partial charge in [-0.1, -0.05) is 27.7 Å². The summed E-state index contributed by atoms with van der Waals surface area (Å²) in [5.41, 5.74) is 0. The predicted octanol–water partition coefficient (Wildman–Crippen LogP) is 3.52. The third kappa shape index (κ3) is 15.6. The molecule has 62 valence electrons. The molecule has 1 nitrogen and oxygen atoms in total. The number of allylic oxidation sites excluding steroid dienone is 2. The zero-order valence-corrected chi connectivity index (χ0v) is 7.81. The molecule has 0 saturated heterocycles. The highest BCUT2D eigenvalue weighted by Gasteiger charge is 1.87. The normalized spacial score (nSPS) is 10.8. The number of aliphatic hydroxyl groups is 1. The largest absolute Gasteiger partial charge is 0.513 e. The molecule has 0 aromatic rings. The van der Waals surface area contributed by atoms with Crippen LogP contribution >= 0.6 is 0 Å². The Hall–Kier alpha value is -0.460. The SMILES string of the molecule is C/C(O)=C\CC(C)C.CC. The third-order valence-corrected chi connectivity index (χ3v) is 0.885. The van der Waals surface area contributed by atoms with Crippen molar-refractivity contribution in [3.05, 3.63) is 11.8 Å². The topological polar surface area (TPSA) is 20.2 Å². The molecule has 0 amide bonds. The van der Waals surface area contributed by atoms with Gasteiger partial charge in [0.2, 0.25) is 0 Å². The van der Waals surface area contributed by atoms with E-state index in [1.54, 1.807) is 6.92 Å². The molecule has 10 heavy (non-hydrogen) atoms. The fourth-order valence-corrected chi connectivity index (χ4v) is 0.406. The molecule has 0 bridgehead atoms. The molecular weight excluding hydrogens is 124 g/mol. The van der Waals surface area contributed by atoms with Gasteiger partial charge in [0, 0.05) is 0 Å². The molecule has 0 aliphatic heterocycles. The Kier molecular flexibility index (Phi) is 10.5. The van der Waals surface area contributed by atoms with Crippen molar-refractivity contribution in [3.8, 4) is 0 Å². The highest BCUT2D eigenvalue weighted by atomic mass is 16.3. The van der Waals surface area contributed by atoms with Crippen molar-refractivity contribution >= 4 is 0 Å². The lowest BCUT2D eigenvalue weighted by atomic mass is 10.1. The Labute approximate surface area is 64.8 Å². The lowest BCUT2D eigenvalue weighted by molar-refractivity contribution is 0.408. The van der Waals surface area contributed by atoms with Crippen molar-refractivity contribution in [1.29, 1.82) is 0 Å². The monoisotopic (exact) mass is 144 g/mol. The van der Waals surface area contributed by atoms with E-state index in [1.165, 1.54) is 0 Å². The van der Waals surface area contributed by atoms with Crippen molar-refractivity contribution < 1.29 is 5.11 Å². The highest BCUT2D eigenvalue weighted by molar-refractivity contribution is 4.85. The quantitative estimate of drug-likeness (QED) is 0.588. The summed E-state index contributed by atoms with van der Waals surface area (Å²) in [5.74, 6) is 1.08. The van der Waals surface area contributed by atoms with Crippen LogP contribution in [0, 0.1) is 5.92 Å². The van der Waals surface area contributed by atoms with Crippen molar-refractivity contribution in [2.24, 2.45) is 5.92 Å². The van der Waals surface area contributed by atoms with Crippen LogP contribution < -0.4 is 0 Å². The first kappa shape index (κ1) is 12.2. The molecule has 0 unspecified atom stereocenters. The van der Waals surface area contributed by atoms with Crippen LogP contribution in [0.2, 0.25) is 0 Å². The van der Waals surface area contributed by atoms with Crippen molar-refractivity contribution in [3.63, 3.8) is 0 Å². The summed E-state index contributed by atoms with van der Waals surface area (Å²) in [5, 5.41) is 8.66. The maximum atomic E-state index is 8.66. The molecule has 0 fully saturated rings. The molecule has 0 aromatic carbocycles. The molecule has 0 aliphatic carbocycles. The fourth-order valence-electron chi connectivity index (χ4n) is 0.406. The van der Waals surface area contributed by atoms with Crippen molar-refractivity contribution in [1.82, 2.24) is 0 Å². The van der Waals surface area contributed by atoms with Gasteiger partial charge in [-0.3, -0.25) is 0 Å². The number of hydrogen-bond acceptors (Lipinski definition) is 1. The summed E-state index contributed by atoms with van der Waals surface area (Å²) in [4.78, 5) is 0. The Morgan fingerprint density at radius 3 is 1.90 bits per heavy atom. The molecular formula is C9H20O.